The molecule has 0 amide bonds. The van der Waals surface area contributed by atoms with Gasteiger partial charge in [-0.25, -0.2) is 4.79 Å². The summed E-state index contributed by atoms with van der Waals surface area (Å²) < 4.78 is 24.6. The molecular formula is C45H57BrO6. The fourth-order valence-electron chi connectivity index (χ4n) is 11.2. The second-order valence-corrected chi connectivity index (χ2v) is 18.4. The summed E-state index contributed by atoms with van der Waals surface area (Å²) in [6.07, 6.45) is 16.1. The van der Waals surface area contributed by atoms with E-state index in [0.717, 1.165) is 59.2 Å². The number of hydrogen-bond acceptors (Lipinski definition) is 6. The van der Waals surface area contributed by atoms with Gasteiger partial charge in [-0.2, -0.15) is 0 Å². The third kappa shape index (κ3) is 7.24. The molecule has 4 aliphatic carbocycles. The van der Waals surface area contributed by atoms with E-state index in [9.17, 15) is 9.59 Å². The minimum atomic E-state index is -0.369. The second-order valence-electron chi connectivity index (χ2n) is 17.5. The van der Waals surface area contributed by atoms with Gasteiger partial charge >= 0.3 is 5.97 Å². The fourth-order valence-corrected chi connectivity index (χ4v) is 11.5. The molecule has 0 bridgehead atoms. The molecule has 7 heteroatoms. The van der Waals surface area contributed by atoms with Crippen molar-refractivity contribution in [3.8, 4) is 17.2 Å². The summed E-state index contributed by atoms with van der Waals surface area (Å²) >= 11 is 3.41. The van der Waals surface area contributed by atoms with Crippen molar-refractivity contribution in [2.24, 2.45) is 46.3 Å². The molecule has 0 saturated heterocycles. The van der Waals surface area contributed by atoms with Gasteiger partial charge in [-0.05, 0) is 135 Å². The van der Waals surface area contributed by atoms with Gasteiger partial charge in [-0.1, -0.05) is 81.5 Å². The van der Waals surface area contributed by atoms with Gasteiger partial charge < -0.3 is 18.6 Å². The van der Waals surface area contributed by atoms with Gasteiger partial charge in [-0.15, -0.1) is 0 Å². The Bertz CT molecular complexity index is 1860. The lowest BCUT2D eigenvalue weighted by atomic mass is 9.47. The number of carbonyl (C=O) groups is 1. The van der Waals surface area contributed by atoms with E-state index in [1.165, 1.54) is 56.9 Å². The zero-order valence-electron chi connectivity index (χ0n) is 32.0. The van der Waals surface area contributed by atoms with E-state index in [2.05, 4.69) is 56.6 Å². The molecule has 6 nitrogen and oxygen atoms in total. The molecular weight excluding hydrogens is 716 g/mol. The molecule has 0 aliphatic heterocycles. The number of esters is 1. The Hall–Kier alpha value is -3.06. The minimum absolute atomic E-state index is 0.121. The van der Waals surface area contributed by atoms with Crippen LogP contribution < -0.4 is 14.9 Å². The van der Waals surface area contributed by atoms with Crippen LogP contribution in [0.25, 0.3) is 11.0 Å². The molecule has 0 unspecified atom stereocenters. The van der Waals surface area contributed by atoms with Crippen molar-refractivity contribution in [3.05, 3.63) is 74.6 Å². The smallest absolute Gasteiger partial charge is 0.344 e. The Morgan fingerprint density at radius 3 is 2.50 bits per heavy atom. The van der Waals surface area contributed by atoms with Crippen molar-refractivity contribution in [1.29, 1.82) is 0 Å². The van der Waals surface area contributed by atoms with Crippen LogP contribution in [0.2, 0.25) is 0 Å². The van der Waals surface area contributed by atoms with Crippen LogP contribution in [0.15, 0.2) is 67.8 Å². The highest BCUT2D eigenvalue weighted by molar-refractivity contribution is 9.10. The highest BCUT2D eigenvalue weighted by Gasteiger charge is 2.59. The lowest BCUT2D eigenvalue weighted by molar-refractivity contribution is -0.153. The van der Waals surface area contributed by atoms with E-state index in [4.69, 9.17) is 18.6 Å². The van der Waals surface area contributed by atoms with Crippen LogP contribution in [0.4, 0.5) is 0 Å². The summed E-state index contributed by atoms with van der Waals surface area (Å²) in [6.45, 7) is 13.9. The van der Waals surface area contributed by atoms with Crippen molar-refractivity contribution >= 4 is 32.9 Å². The monoisotopic (exact) mass is 772 g/mol. The van der Waals surface area contributed by atoms with E-state index in [0.29, 0.717) is 33.6 Å². The largest absolute Gasteiger partial charge is 0.482 e. The van der Waals surface area contributed by atoms with Gasteiger partial charge in [0.05, 0.1) is 5.39 Å². The molecule has 3 aromatic rings. The van der Waals surface area contributed by atoms with E-state index >= 15 is 0 Å². The Morgan fingerprint density at radius 2 is 1.73 bits per heavy atom. The lowest BCUT2D eigenvalue weighted by Gasteiger charge is -2.58. The Balaban J connectivity index is 0.944. The molecule has 7 rings (SSSR count). The maximum Gasteiger partial charge on any atom is 0.344 e. The third-order valence-electron chi connectivity index (χ3n) is 13.9. The molecule has 280 valence electrons. The SMILES string of the molecule is Cc1oc2cc(OCC(=O)O[C@@H]3CC[C@@]4(C)C(=CC[C@@H]5[C@H]6CC[C@H]([C@@H](C)CCCC(C)C)[C@@]6(C)CC[C@H]54)C3)ccc2c(=O)c1Oc1ccc(Br)cc1. The lowest BCUT2D eigenvalue weighted by Crippen LogP contribution is -2.51. The number of carbonyl (C=O) groups excluding carboxylic acids is 1. The van der Waals surface area contributed by atoms with Crippen LogP contribution in [0.5, 0.6) is 17.2 Å². The predicted molar refractivity (Wildman–Crippen MR) is 210 cm³/mol. The molecule has 0 N–H and O–H groups in total. The topological polar surface area (TPSA) is 75.0 Å². The molecule has 3 saturated carbocycles. The van der Waals surface area contributed by atoms with Gasteiger partial charge in [0.1, 0.15) is 28.9 Å². The van der Waals surface area contributed by atoms with Crippen LogP contribution in [0, 0.1) is 53.3 Å². The first-order valence-corrected chi connectivity index (χ1v) is 20.7. The maximum absolute atomic E-state index is 13.3. The van der Waals surface area contributed by atoms with E-state index in [1.54, 1.807) is 37.3 Å². The standard InChI is InChI=1S/C45H57BrO6/c1-27(2)8-7-9-28(3)37-18-19-38-35-16-10-30-24-34(20-22-44(30,5)39(35)21-23-45(37,38)6)51-41(47)26-49-33-15-17-36-40(25-33)50-29(4)43(42(36)48)52-32-13-11-31(46)12-14-32/h10-15,17,25,27-28,34-35,37-39H,7-9,16,18-24,26H2,1-6H3/t28-,34+,35+,37+,38+,39+,44-,45+/m0/s1. The number of allylic oxidation sites excluding steroid dienone is 1. The third-order valence-corrected chi connectivity index (χ3v) is 14.5. The average Bonchev–Trinajstić information content (AvgIpc) is 3.47. The van der Waals surface area contributed by atoms with Crippen molar-refractivity contribution in [2.45, 2.75) is 118 Å². The van der Waals surface area contributed by atoms with Gasteiger partial charge in [0, 0.05) is 17.0 Å². The molecule has 1 aromatic heterocycles. The van der Waals surface area contributed by atoms with E-state index in [-0.39, 0.29) is 35.3 Å². The first kappa shape index (κ1) is 37.3. The van der Waals surface area contributed by atoms with Gasteiger partial charge in [0.15, 0.2) is 6.61 Å². The summed E-state index contributed by atoms with van der Waals surface area (Å²) in [5.41, 5.74) is 2.32. The molecule has 0 radical (unpaired) electrons. The van der Waals surface area contributed by atoms with Gasteiger partial charge in [0.2, 0.25) is 11.2 Å². The molecule has 1 heterocycles. The molecule has 2 aromatic carbocycles. The number of fused-ring (bicyclic) bond motifs is 6. The van der Waals surface area contributed by atoms with E-state index < -0.39 is 0 Å². The number of halogens is 1. The highest BCUT2D eigenvalue weighted by Crippen LogP contribution is 2.67. The van der Waals surface area contributed by atoms with Crippen molar-refractivity contribution in [1.82, 2.24) is 0 Å². The summed E-state index contributed by atoms with van der Waals surface area (Å²) in [5, 5.41) is 0.378. The Kier molecular flexibility index (Phi) is 10.7. The summed E-state index contributed by atoms with van der Waals surface area (Å²) in [4.78, 5) is 26.3. The minimum Gasteiger partial charge on any atom is -0.482 e. The number of rotatable bonds is 11. The van der Waals surface area contributed by atoms with Crippen molar-refractivity contribution < 1.29 is 23.4 Å². The normalized spacial score (nSPS) is 30.2. The number of hydrogen-bond donors (Lipinski definition) is 0. The average molecular weight is 774 g/mol. The van der Waals surface area contributed by atoms with Crippen molar-refractivity contribution in [2.75, 3.05) is 6.61 Å². The molecule has 8 atom stereocenters. The Labute approximate surface area is 318 Å². The summed E-state index contributed by atoms with van der Waals surface area (Å²) in [6, 6.07) is 12.2. The number of aryl methyl sites for hydroxylation is 1. The quantitative estimate of drug-likeness (QED) is 0.143. The van der Waals surface area contributed by atoms with Gasteiger partial charge in [0.25, 0.3) is 0 Å². The number of benzene rings is 2. The summed E-state index contributed by atoms with van der Waals surface area (Å²) in [5.74, 6) is 5.98. The van der Waals surface area contributed by atoms with Crippen LogP contribution in [0.3, 0.4) is 0 Å². The molecule has 0 spiro atoms. The fraction of sp³-hybridized carbons (Fsp3) is 0.600. The van der Waals surface area contributed by atoms with E-state index in [1.807, 2.05) is 12.1 Å². The van der Waals surface area contributed by atoms with Crippen LogP contribution in [0.1, 0.15) is 111 Å². The molecule has 52 heavy (non-hydrogen) atoms. The predicted octanol–water partition coefficient (Wildman–Crippen LogP) is 12.0. The molecule has 3 fully saturated rings. The number of ether oxygens (including phenoxy) is 3. The van der Waals surface area contributed by atoms with Crippen LogP contribution in [-0.2, 0) is 9.53 Å². The first-order valence-electron chi connectivity index (χ1n) is 19.9. The van der Waals surface area contributed by atoms with Crippen LogP contribution in [-0.4, -0.2) is 18.7 Å². The zero-order chi connectivity index (χ0) is 36.8. The van der Waals surface area contributed by atoms with Crippen molar-refractivity contribution in [3.63, 3.8) is 0 Å². The van der Waals surface area contributed by atoms with Crippen LogP contribution >= 0.6 is 15.9 Å². The second kappa shape index (κ2) is 15.0. The zero-order valence-corrected chi connectivity index (χ0v) is 33.6. The van der Waals surface area contributed by atoms with Gasteiger partial charge in [-0.3, -0.25) is 4.79 Å². The first-order chi connectivity index (χ1) is 24.9. The molecule has 4 aliphatic rings. The highest BCUT2D eigenvalue weighted by atomic mass is 79.9. The summed E-state index contributed by atoms with van der Waals surface area (Å²) in [7, 11) is 0. The Morgan fingerprint density at radius 1 is 0.962 bits per heavy atom. The maximum atomic E-state index is 13.3.